The molecular formula is C60H81N8NaO9. The maximum atomic E-state index is 14.0. The molecular weight excluding hydrogens is 1000 g/mol. The van der Waals surface area contributed by atoms with Gasteiger partial charge in [0.1, 0.15) is 5.69 Å². The topological polar surface area (TPSA) is 214 Å². The number of aromatic nitrogens is 4. The SMILES string of the molecule is CCOC(=O)C(=NO)c1nc2ccccc2n(C2C[C@H]3CCC[C@@H](C2)N3C2CC3CCCCC(C3)C2)c1=O.CCOC(=O)Cc1nc2ccccc2n(C2C[C@H]3CCC[C@@H](C2)N3C2CC3CCCCC(C3)C2)c1=O.O=N[O-].[Na+]. The molecule has 2 aromatic carbocycles. The number of oxime groups is 1. The molecule has 0 amide bonds. The molecule has 6 unspecified atom stereocenters. The first-order valence-corrected chi connectivity index (χ1v) is 29.7. The van der Waals surface area contributed by atoms with Gasteiger partial charge in [0, 0.05) is 48.3 Å². The molecule has 8 bridgehead atoms. The Morgan fingerprint density at radius 1 is 0.564 bits per heavy atom. The van der Waals surface area contributed by atoms with Crippen molar-refractivity contribution in [3.63, 3.8) is 0 Å². The molecule has 78 heavy (non-hydrogen) atoms. The Morgan fingerprint density at radius 3 is 1.40 bits per heavy atom. The number of carbonyl (C=O) groups is 2. The molecule has 4 aromatic rings. The van der Waals surface area contributed by atoms with Gasteiger partial charge >= 0.3 is 41.5 Å². The van der Waals surface area contributed by atoms with Crippen molar-refractivity contribution in [3.05, 3.63) is 90.7 Å². The molecule has 17 nitrogen and oxygen atoms in total. The van der Waals surface area contributed by atoms with Gasteiger partial charge in [-0.3, -0.25) is 24.2 Å². The number of benzene rings is 2. The first kappa shape index (κ1) is 58.1. The van der Waals surface area contributed by atoms with Crippen LogP contribution in [0.3, 0.4) is 0 Å². The van der Waals surface area contributed by atoms with E-state index in [1.807, 2.05) is 57.7 Å². The molecule has 10 atom stereocenters. The summed E-state index contributed by atoms with van der Waals surface area (Å²) in [7, 11) is 0. The maximum Gasteiger partial charge on any atom is 1.00 e. The van der Waals surface area contributed by atoms with Crippen LogP contribution in [0.15, 0.2) is 68.6 Å². The fraction of sp³-hybridized carbons (Fsp3) is 0.683. The maximum absolute atomic E-state index is 14.0. The summed E-state index contributed by atoms with van der Waals surface area (Å²) in [5.74, 6) is 2.39. The normalized spacial score (nSPS) is 30.9. The second kappa shape index (κ2) is 26.8. The van der Waals surface area contributed by atoms with Crippen LogP contribution in [0, 0.1) is 33.8 Å². The second-order valence-corrected chi connectivity index (χ2v) is 23.9. The van der Waals surface area contributed by atoms with E-state index in [4.69, 9.17) is 19.6 Å². The van der Waals surface area contributed by atoms with E-state index in [1.54, 1.807) is 13.8 Å². The Labute approximate surface area is 480 Å². The van der Waals surface area contributed by atoms with Crippen molar-refractivity contribution < 1.29 is 53.8 Å². The average Bonchev–Trinajstić information content (AvgIpc) is 3.77. The van der Waals surface area contributed by atoms with Crippen molar-refractivity contribution in [2.45, 2.75) is 223 Å². The van der Waals surface area contributed by atoms with Gasteiger partial charge < -0.3 is 33.9 Å². The minimum absolute atomic E-state index is 0. The molecule has 0 radical (unpaired) electrons. The number of esters is 2. The summed E-state index contributed by atoms with van der Waals surface area (Å²) in [5.41, 5.74) is 2.31. The van der Waals surface area contributed by atoms with Crippen LogP contribution >= 0.6 is 0 Å². The van der Waals surface area contributed by atoms with E-state index in [-0.39, 0.29) is 77.5 Å². The van der Waals surface area contributed by atoms with Gasteiger partial charge in [-0.05, 0) is 152 Å². The Hall–Kier alpha value is -4.55. The summed E-state index contributed by atoms with van der Waals surface area (Å²) in [6, 6.07) is 19.1. The molecule has 8 fully saturated rings. The number of rotatable bonds is 10. The second-order valence-electron chi connectivity index (χ2n) is 23.9. The largest absolute Gasteiger partial charge is 1.00 e. The molecule has 4 aliphatic carbocycles. The van der Waals surface area contributed by atoms with Crippen molar-refractivity contribution >= 4 is 39.7 Å². The predicted octanol–water partition coefficient (Wildman–Crippen LogP) is 7.73. The minimum atomic E-state index is -0.841. The van der Waals surface area contributed by atoms with Crippen molar-refractivity contribution in [1.82, 2.24) is 28.9 Å². The van der Waals surface area contributed by atoms with Crippen LogP contribution in [-0.2, 0) is 25.5 Å². The third kappa shape index (κ3) is 12.6. The van der Waals surface area contributed by atoms with Gasteiger partial charge in [0.05, 0.1) is 41.7 Å². The fourth-order valence-electron chi connectivity index (χ4n) is 16.7. The van der Waals surface area contributed by atoms with Crippen LogP contribution < -0.4 is 40.7 Å². The minimum Gasteiger partial charge on any atom is -0.466 e. The van der Waals surface area contributed by atoms with Crippen LogP contribution in [0.2, 0.25) is 0 Å². The fourth-order valence-corrected chi connectivity index (χ4v) is 16.7. The molecule has 12 rings (SSSR count). The Kier molecular flexibility index (Phi) is 20.0. The number of para-hydroxylation sites is 4. The number of piperidine rings is 4. The number of carbonyl (C=O) groups excluding carboxylic acids is 2. The zero-order valence-corrected chi connectivity index (χ0v) is 48.4. The molecule has 2 aromatic heterocycles. The van der Waals surface area contributed by atoms with Crippen LogP contribution in [-0.4, -0.2) is 101 Å². The molecule has 6 heterocycles. The summed E-state index contributed by atoms with van der Waals surface area (Å²) in [5, 5.41) is 21.8. The summed E-state index contributed by atoms with van der Waals surface area (Å²) in [6.45, 7) is 3.89. The molecule has 18 heteroatoms. The zero-order valence-electron chi connectivity index (χ0n) is 46.4. The van der Waals surface area contributed by atoms with E-state index in [0.717, 1.165) is 77.3 Å². The van der Waals surface area contributed by atoms with Crippen LogP contribution in [0.25, 0.3) is 22.1 Å². The third-order valence-corrected chi connectivity index (χ3v) is 19.4. The van der Waals surface area contributed by atoms with E-state index < -0.39 is 11.7 Å². The molecule has 4 saturated heterocycles. The molecule has 8 aliphatic rings. The van der Waals surface area contributed by atoms with Gasteiger partial charge in [0.25, 0.3) is 11.1 Å². The Morgan fingerprint density at radius 2 is 0.974 bits per heavy atom. The zero-order chi connectivity index (χ0) is 53.6. The summed E-state index contributed by atoms with van der Waals surface area (Å²) < 4.78 is 14.0. The summed E-state index contributed by atoms with van der Waals surface area (Å²) in [4.78, 5) is 75.4. The smallest absolute Gasteiger partial charge is 0.466 e. The number of hydrogen-bond acceptors (Lipinski definition) is 15. The van der Waals surface area contributed by atoms with Gasteiger partial charge in [0.15, 0.2) is 5.69 Å². The quantitative estimate of drug-likeness (QED) is 0.0403. The van der Waals surface area contributed by atoms with Crippen LogP contribution in [0.4, 0.5) is 0 Å². The van der Waals surface area contributed by atoms with Gasteiger partial charge in [-0.15, -0.1) is 5.34 Å². The number of ether oxygens (including phenoxy) is 2. The van der Waals surface area contributed by atoms with E-state index >= 15 is 0 Å². The molecule has 0 spiro atoms. The van der Waals surface area contributed by atoms with Gasteiger partial charge in [-0.1, -0.05) is 93.6 Å². The van der Waals surface area contributed by atoms with Crippen molar-refractivity contribution in [3.8, 4) is 0 Å². The van der Waals surface area contributed by atoms with Gasteiger partial charge in [-0.2, -0.15) is 0 Å². The molecule has 416 valence electrons. The molecule has 4 saturated carbocycles. The monoisotopic (exact) mass is 1080 g/mol. The summed E-state index contributed by atoms with van der Waals surface area (Å²) >= 11 is 0. The van der Waals surface area contributed by atoms with Crippen molar-refractivity contribution in [2.75, 3.05) is 13.2 Å². The van der Waals surface area contributed by atoms with E-state index in [9.17, 15) is 24.4 Å². The Balaban J connectivity index is 0.000000179. The molecule has 4 aliphatic heterocycles. The Bertz CT molecular complexity index is 2820. The number of fused-ring (bicyclic) bond motifs is 10. The van der Waals surface area contributed by atoms with Gasteiger partial charge in [0.2, 0.25) is 5.71 Å². The van der Waals surface area contributed by atoms with Crippen molar-refractivity contribution in [2.24, 2.45) is 34.2 Å². The van der Waals surface area contributed by atoms with E-state index in [1.165, 1.54) is 128 Å². The van der Waals surface area contributed by atoms with Gasteiger partial charge in [-0.25, -0.2) is 14.8 Å². The van der Waals surface area contributed by atoms with E-state index in [2.05, 4.69) is 24.9 Å². The summed E-state index contributed by atoms with van der Waals surface area (Å²) in [6.07, 6.45) is 30.9. The first-order valence-electron chi connectivity index (χ1n) is 29.7. The number of nitrogens with zero attached hydrogens (tertiary/aromatic N) is 8. The number of hydrogen-bond donors (Lipinski definition) is 1. The average molecular weight is 1080 g/mol. The van der Waals surface area contributed by atoms with Crippen LogP contribution in [0.1, 0.15) is 191 Å². The van der Waals surface area contributed by atoms with E-state index in [0.29, 0.717) is 48.0 Å². The first-order chi connectivity index (χ1) is 37.6. The predicted molar refractivity (Wildman–Crippen MR) is 296 cm³/mol. The van der Waals surface area contributed by atoms with Crippen LogP contribution in [0.5, 0.6) is 0 Å². The third-order valence-electron chi connectivity index (χ3n) is 19.4. The van der Waals surface area contributed by atoms with Crippen molar-refractivity contribution in [1.29, 1.82) is 0 Å². The molecule has 1 N–H and O–H groups in total. The standard InChI is InChI=1S/C30H40N4O4.C30H41N3O3.HNO2.Na/c1-2-38-30(36)28(32-37)27-29(35)34(26-13-6-5-12-25(26)31-27)24-17-21-10-7-11-22(18-24)33(21)23-15-19-8-3-4-9-20(14-19)16-23;1-2-36-29(34)19-27-30(35)33(28-13-6-5-12-26(28)31-27)25-17-22-10-7-11-23(18-25)32(22)24-15-20-8-3-4-9-21(14-20)16-24;2-1-3;/h5-6,12-13,19-24,37H,2-4,7-11,14-18H2,1H3;5-6,12-13,20-25H,2-4,7-11,14-19H2,1H3;(H,2,3);/q;;;+1/p-1/t19?,20?,21-,22+,23?,24?;20?,21?,22-,23+,24?,25?;;.